The van der Waals surface area contributed by atoms with Gasteiger partial charge in [0.1, 0.15) is 0 Å². The smallest absolute Gasteiger partial charge is 0.243 e. The average molecular weight is 390 g/mol. The molecule has 6 nitrogen and oxygen atoms in total. The predicted octanol–water partition coefficient (Wildman–Crippen LogP) is 1.51. The molecule has 1 aliphatic heterocycles. The van der Waals surface area contributed by atoms with Crippen molar-refractivity contribution in [2.45, 2.75) is 38.5 Å². The molecule has 1 aromatic carbocycles. The molecular formula is C17H28ClN3O3S. The van der Waals surface area contributed by atoms with Crippen molar-refractivity contribution in [3.63, 3.8) is 0 Å². The van der Waals surface area contributed by atoms with E-state index >= 15 is 0 Å². The molecule has 1 heterocycles. The number of halogens is 1. The lowest BCUT2D eigenvalue weighted by Crippen LogP contribution is -2.46. The third-order valence-electron chi connectivity index (χ3n) is 4.40. The van der Waals surface area contributed by atoms with E-state index in [0.29, 0.717) is 37.4 Å². The van der Waals surface area contributed by atoms with E-state index in [2.05, 4.69) is 5.32 Å². The quantitative estimate of drug-likeness (QED) is 0.798. The lowest BCUT2D eigenvalue weighted by atomic mass is 9.99. The highest BCUT2D eigenvalue weighted by Gasteiger charge is 2.34. The van der Waals surface area contributed by atoms with Crippen molar-refractivity contribution >= 4 is 28.3 Å². The number of benzene rings is 1. The van der Waals surface area contributed by atoms with Crippen LogP contribution in [0, 0.1) is 26.7 Å². The average Bonchev–Trinajstić information content (AvgIpc) is 2.51. The van der Waals surface area contributed by atoms with Crippen molar-refractivity contribution in [2.24, 2.45) is 11.7 Å². The Morgan fingerprint density at radius 3 is 2.44 bits per heavy atom. The van der Waals surface area contributed by atoms with Crippen LogP contribution >= 0.6 is 12.4 Å². The third kappa shape index (κ3) is 4.94. The first kappa shape index (κ1) is 21.9. The van der Waals surface area contributed by atoms with Gasteiger partial charge in [0.2, 0.25) is 15.9 Å². The Labute approximate surface area is 156 Å². The van der Waals surface area contributed by atoms with Crippen LogP contribution in [0.3, 0.4) is 0 Å². The SMILES string of the molecule is Cc1cc(C)c(S(=O)(=O)N2CCCC(C(=O)NCCN)C2)c(C)c1.Cl. The van der Waals surface area contributed by atoms with Crippen LogP contribution in [0.4, 0.5) is 0 Å². The number of nitrogens with two attached hydrogens (primary N) is 1. The van der Waals surface area contributed by atoms with E-state index in [1.54, 1.807) is 0 Å². The molecule has 1 aliphatic rings. The second-order valence-corrected chi connectivity index (χ2v) is 8.38. The summed E-state index contributed by atoms with van der Waals surface area (Å²) in [7, 11) is -3.60. The zero-order valence-corrected chi connectivity index (χ0v) is 16.7. The van der Waals surface area contributed by atoms with Crippen LogP contribution in [0.1, 0.15) is 29.5 Å². The van der Waals surface area contributed by atoms with E-state index in [1.165, 1.54) is 4.31 Å². The molecule has 142 valence electrons. The van der Waals surface area contributed by atoms with E-state index in [4.69, 9.17) is 5.73 Å². The van der Waals surface area contributed by atoms with E-state index in [1.807, 2.05) is 32.9 Å². The van der Waals surface area contributed by atoms with Gasteiger partial charge in [0.15, 0.2) is 0 Å². The molecule has 8 heteroatoms. The zero-order chi connectivity index (χ0) is 17.9. The van der Waals surface area contributed by atoms with Crippen molar-refractivity contribution in [1.82, 2.24) is 9.62 Å². The summed E-state index contributed by atoms with van der Waals surface area (Å²) in [4.78, 5) is 12.5. The number of carbonyl (C=O) groups excluding carboxylic acids is 1. The second kappa shape index (κ2) is 8.98. The molecule has 2 rings (SSSR count). The number of aryl methyl sites for hydroxylation is 3. The minimum Gasteiger partial charge on any atom is -0.355 e. The summed E-state index contributed by atoms with van der Waals surface area (Å²) in [6, 6.07) is 3.77. The summed E-state index contributed by atoms with van der Waals surface area (Å²) in [5.74, 6) is -0.427. The van der Waals surface area contributed by atoms with E-state index < -0.39 is 10.0 Å². The second-order valence-electron chi connectivity index (χ2n) is 6.51. The number of sulfonamides is 1. The van der Waals surface area contributed by atoms with Crippen LogP contribution in [-0.4, -0.2) is 44.8 Å². The zero-order valence-electron chi connectivity index (χ0n) is 15.0. The highest BCUT2D eigenvalue weighted by molar-refractivity contribution is 7.89. The van der Waals surface area contributed by atoms with Gasteiger partial charge in [-0.1, -0.05) is 17.7 Å². The van der Waals surface area contributed by atoms with Crippen LogP contribution in [0.25, 0.3) is 0 Å². The normalized spacial score (nSPS) is 18.5. The fraction of sp³-hybridized carbons (Fsp3) is 0.588. The largest absolute Gasteiger partial charge is 0.355 e. The summed E-state index contributed by atoms with van der Waals surface area (Å²) in [5, 5.41) is 2.76. The lowest BCUT2D eigenvalue weighted by Gasteiger charge is -2.32. The molecule has 0 radical (unpaired) electrons. The molecule has 25 heavy (non-hydrogen) atoms. The maximum absolute atomic E-state index is 13.1. The summed E-state index contributed by atoms with van der Waals surface area (Å²) >= 11 is 0. The molecule has 1 saturated heterocycles. The lowest BCUT2D eigenvalue weighted by molar-refractivity contribution is -0.126. The van der Waals surface area contributed by atoms with Crippen molar-refractivity contribution < 1.29 is 13.2 Å². The van der Waals surface area contributed by atoms with E-state index in [0.717, 1.165) is 16.7 Å². The van der Waals surface area contributed by atoms with Gasteiger partial charge in [-0.15, -0.1) is 12.4 Å². The first-order valence-corrected chi connectivity index (χ1v) is 9.77. The van der Waals surface area contributed by atoms with Gasteiger partial charge in [0.05, 0.1) is 10.8 Å². The monoisotopic (exact) mass is 389 g/mol. The molecule has 1 atom stereocenters. The molecule has 1 fully saturated rings. The number of hydrogen-bond acceptors (Lipinski definition) is 4. The summed E-state index contributed by atoms with van der Waals surface area (Å²) in [6.45, 7) is 7.07. The highest BCUT2D eigenvalue weighted by atomic mass is 35.5. The fourth-order valence-corrected chi connectivity index (χ4v) is 5.35. The number of amides is 1. The highest BCUT2D eigenvalue weighted by Crippen LogP contribution is 2.28. The molecule has 0 saturated carbocycles. The summed E-state index contributed by atoms with van der Waals surface area (Å²) in [6.07, 6.45) is 1.39. The predicted molar refractivity (Wildman–Crippen MR) is 101 cm³/mol. The first-order valence-electron chi connectivity index (χ1n) is 8.33. The van der Waals surface area contributed by atoms with Gasteiger partial charge < -0.3 is 11.1 Å². The Morgan fingerprint density at radius 1 is 1.28 bits per heavy atom. The molecule has 0 spiro atoms. The van der Waals surface area contributed by atoms with Gasteiger partial charge in [-0.25, -0.2) is 8.42 Å². The van der Waals surface area contributed by atoms with Crippen LogP contribution in [0.2, 0.25) is 0 Å². The van der Waals surface area contributed by atoms with Crippen molar-refractivity contribution in [3.05, 3.63) is 28.8 Å². The Bertz CT molecular complexity index is 699. The van der Waals surface area contributed by atoms with Crippen molar-refractivity contribution in [2.75, 3.05) is 26.2 Å². The van der Waals surface area contributed by atoms with Gasteiger partial charge in [-0.2, -0.15) is 4.31 Å². The maximum atomic E-state index is 13.1. The minimum absolute atomic E-state index is 0. The van der Waals surface area contributed by atoms with Crippen molar-refractivity contribution in [1.29, 1.82) is 0 Å². The molecule has 0 bridgehead atoms. The van der Waals surface area contributed by atoms with Gasteiger partial charge in [-0.05, 0) is 44.7 Å². The summed E-state index contributed by atoms with van der Waals surface area (Å²) in [5.41, 5.74) is 7.95. The van der Waals surface area contributed by atoms with Crippen molar-refractivity contribution in [3.8, 4) is 0 Å². The number of hydrogen-bond donors (Lipinski definition) is 2. The molecular weight excluding hydrogens is 362 g/mol. The Kier molecular flexibility index (Phi) is 7.87. The molecule has 3 N–H and O–H groups in total. The molecule has 1 unspecified atom stereocenters. The number of carbonyl (C=O) groups is 1. The third-order valence-corrected chi connectivity index (χ3v) is 6.57. The van der Waals surface area contributed by atoms with Gasteiger partial charge in [-0.3, -0.25) is 4.79 Å². The minimum atomic E-state index is -3.60. The van der Waals surface area contributed by atoms with Crippen LogP contribution in [0.15, 0.2) is 17.0 Å². The molecule has 0 aromatic heterocycles. The van der Waals surface area contributed by atoms with Gasteiger partial charge >= 0.3 is 0 Å². The molecule has 1 aromatic rings. The standard InChI is InChI=1S/C17H27N3O3S.ClH/c1-12-9-13(2)16(14(3)10-12)24(22,23)20-8-4-5-15(11-20)17(21)19-7-6-18;/h9-10,15H,4-8,11,18H2,1-3H3,(H,19,21);1H. The van der Waals surface area contributed by atoms with Crippen LogP contribution < -0.4 is 11.1 Å². The van der Waals surface area contributed by atoms with Crippen LogP contribution in [-0.2, 0) is 14.8 Å². The topological polar surface area (TPSA) is 92.5 Å². The summed E-state index contributed by atoms with van der Waals surface area (Å²) < 4.78 is 27.6. The number of rotatable bonds is 5. The Morgan fingerprint density at radius 2 is 1.88 bits per heavy atom. The van der Waals surface area contributed by atoms with E-state index in [9.17, 15) is 13.2 Å². The number of nitrogens with one attached hydrogen (secondary N) is 1. The van der Waals surface area contributed by atoms with Gasteiger partial charge in [0, 0.05) is 26.2 Å². The Hall–Kier alpha value is -1.15. The van der Waals surface area contributed by atoms with Gasteiger partial charge in [0.25, 0.3) is 0 Å². The first-order chi connectivity index (χ1) is 11.3. The maximum Gasteiger partial charge on any atom is 0.243 e. The molecule has 1 amide bonds. The number of piperidine rings is 1. The number of nitrogens with zero attached hydrogens (tertiary/aromatic N) is 1. The van der Waals surface area contributed by atoms with E-state index in [-0.39, 0.29) is 30.8 Å². The fourth-order valence-electron chi connectivity index (χ4n) is 3.42. The van der Waals surface area contributed by atoms with Crippen LogP contribution in [0.5, 0.6) is 0 Å². The molecule has 0 aliphatic carbocycles. The Balaban J connectivity index is 0.00000312.